The summed E-state index contributed by atoms with van der Waals surface area (Å²) in [6.07, 6.45) is -4.09. The average Bonchev–Trinajstić information content (AvgIpc) is 2.74. The molecule has 3 aromatic rings. The summed E-state index contributed by atoms with van der Waals surface area (Å²) in [6.45, 7) is 3.66. The predicted octanol–water partition coefficient (Wildman–Crippen LogP) is 6.70. The minimum Gasteiger partial charge on any atom is -0.378 e. The van der Waals surface area contributed by atoms with Gasteiger partial charge in [0.1, 0.15) is 4.90 Å². The molecule has 0 saturated carbocycles. The number of alkyl halides is 3. The monoisotopic (exact) mass is 446 g/mol. The average molecular weight is 446 g/mol. The van der Waals surface area contributed by atoms with E-state index in [2.05, 4.69) is 0 Å². The largest absolute Gasteiger partial charge is 0.416 e. The standard InChI is InChI=1S/C24H21F3O3S/c1-3-22(18-7-5-4-6-8-18)23(19-11-13-20(14-12-19)24(25,26)27)30-31(28,29)21-15-9-17(2)10-16-21/h4-16H,3H2,1-2H3/b23-22+. The second-order valence-electron chi connectivity index (χ2n) is 6.95. The molecule has 0 bridgehead atoms. The first kappa shape index (κ1) is 22.6. The molecule has 7 heteroatoms. The molecule has 0 unspecified atom stereocenters. The molecule has 0 N–H and O–H groups in total. The van der Waals surface area contributed by atoms with Crippen LogP contribution in [0.15, 0.2) is 83.8 Å². The Bertz CT molecular complexity index is 1160. The summed E-state index contributed by atoms with van der Waals surface area (Å²) in [5.41, 5.74) is 1.59. The summed E-state index contributed by atoms with van der Waals surface area (Å²) in [7, 11) is -4.21. The SMILES string of the molecule is CC/C(=C(\OS(=O)(=O)c1ccc(C)cc1)c1ccc(C(F)(F)F)cc1)c1ccccc1. The van der Waals surface area contributed by atoms with Crippen molar-refractivity contribution in [2.24, 2.45) is 0 Å². The van der Waals surface area contributed by atoms with Gasteiger partial charge in [-0.15, -0.1) is 0 Å². The zero-order valence-corrected chi connectivity index (χ0v) is 17.8. The highest BCUT2D eigenvalue weighted by atomic mass is 32.2. The van der Waals surface area contributed by atoms with Crippen LogP contribution >= 0.6 is 0 Å². The number of aryl methyl sites for hydroxylation is 1. The number of rotatable bonds is 6. The topological polar surface area (TPSA) is 43.4 Å². The van der Waals surface area contributed by atoms with Gasteiger partial charge in [-0.2, -0.15) is 21.6 Å². The van der Waals surface area contributed by atoms with Crippen molar-refractivity contribution in [2.45, 2.75) is 31.3 Å². The molecule has 0 radical (unpaired) electrons. The highest BCUT2D eigenvalue weighted by Crippen LogP contribution is 2.35. The first-order valence-electron chi connectivity index (χ1n) is 9.59. The molecule has 0 atom stereocenters. The minimum absolute atomic E-state index is 0.00278. The van der Waals surface area contributed by atoms with Gasteiger partial charge in [0.2, 0.25) is 0 Å². The van der Waals surface area contributed by atoms with Gasteiger partial charge < -0.3 is 4.18 Å². The molecular formula is C24H21F3O3S. The maximum atomic E-state index is 13.0. The van der Waals surface area contributed by atoms with Crippen molar-refractivity contribution in [2.75, 3.05) is 0 Å². The van der Waals surface area contributed by atoms with Crippen molar-refractivity contribution in [3.8, 4) is 0 Å². The van der Waals surface area contributed by atoms with Gasteiger partial charge in [0.25, 0.3) is 0 Å². The third-order valence-corrected chi connectivity index (χ3v) is 5.96. The molecule has 3 nitrogen and oxygen atoms in total. The van der Waals surface area contributed by atoms with E-state index in [1.54, 1.807) is 36.4 Å². The third-order valence-electron chi connectivity index (χ3n) is 4.73. The van der Waals surface area contributed by atoms with E-state index in [4.69, 9.17) is 4.18 Å². The minimum atomic E-state index is -4.50. The Kier molecular flexibility index (Phi) is 6.55. The van der Waals surface area contributed by atoms with Crippen molar-refractivity contribution in [3.05, 3.63) is 101 Å². The molecule has 3 aromatic carbocycles. The van der Waals surface area contributed by atoms with Crippen LogP contribution < -0.4 is 0 Å². The molecule has 0 heterocycles. The van der Waals surface area contributed by atoms with Crippen LogP contribution in [0.5, 0.6) is 0 Å². The van der Waals surface area contributed by atoms with E-state index in [0.717, 1.165) is 23.3 Å². The van der Waals surface area contributed by atoms with E-state index in [1.165, 1.54) is 24.3 Å². The van der Waals surface area contributed by atoms with Gasteiger partial charge in [0.05, 0.1) is 5.56 Å². The van der Waals surface area contributed by atoms with E-state index in [-0.39, 0.29) is 16.2 Å². The maximum absolute atomic E-state index is 13.0. The summed E-state index contributed by atoms with van der Waals surface area (Å²) in [4.78, 5) is -0.0361. The summed E-state index contributed by atoms with van der Waals surface area (Å²) >= 11 is 0. The Labute approximate surface area is 179 Å². The lowest BCUT2D eigenvalue weighted by Crippen LogP contribution is -2.09. The Morgan fingerprint density at radius 1 is 0.839 bits per heavy atom. The van der Waals surface area contributed by atoms with Gasteiger partial charge >= 0.3 is 16.3 Å². The number of halogens is 3. The lowest BCUT2D eigenvalue weighted by molar-refractivity contribution is -0.137. The van der Waals surface area contributed by atoms with Crippen LogP contribution in [0.2, 0.25) is 0 Å². The smallest absolute Gasteiger partial charge is 0.378 e. The molecule has 162 valence electrons. The molecule has 3 rings (SSSR count). The van der Waals surface area contributed by atoms with Gasteiger partial charge in [-0.3, -0.25) is 0 Å². The molecule has 0 saturated heterocycles. The lowest BCUT2D eigenvalue weighted by atomic mass is 9.98. The zero-order chi connectivity index (χ0) is 22.6. The molecule has 0 spiro atoms. The fourth-order valence-corrected chi connectivity index (χ4v) is 4.06. The van der Waals surface area contributed by atoms with Crippen LogP contribution in [0.1, 0.15) is 35.6 Å². The number of hydrogen-bond donors (Lipinski definition) is 0. The van der Waals surface area contributed by atoms with Gasteiger partial charge in [-0.05, 0) is 43.2 Å². The van der Waals surface area contributed by atoms with Crippen LogP contribution in [-0.4, -0.2) is 8.42 Å². The highest BCUT2D eigenvalue weighted by molar-refractivity contribution is 7.87. The van der Waals surface area contributed by atoms with E-state index in [9.17, 15) is 21.6 Å². The first-order valence-corrected chi connectivity index (χ1v) is 11.0. The molecule has 0 amide bonds. The highest BCUT2D eigenvalue weighted by Gasteiger charge is 2.30. The van der Waals surface area contributed by atoms with E-state index in [0.29, 0.717) is 12.0 Å². The molecule has 0 aliphatic heterocycles. The van der Waals surface area contributed by atoms with E-state index < -0.39 is 21.9 Å². The second kappa shape index (κ2) is 8.98. The van der Waals surface area contributed by atoms with E-state index >= 15 is 0 Å². The first-order chi connectivity index (χ1) is 14.6. The summed E-state index contributed by atoms with van der Waals surface area (Å²) in [5, 5.41) is 0. The fraction of sp³-hybridized carbons (Fsp3) is 0.167. The lowest BCUT2D eigenvalue weighted by Gasteiger charge is -2.17. The second-order valence-corrected chi connectivity index (χ2v) is 8.50. The van der Waals surface area contributed by atoms with Gasteiger partial charge in [0, 0.05) is 11.1 Å². The van der Waals surface area contributed by atoms with Crippen molar-refractivity contribution in [1.82, 2.24) is 0 Å². The summed E-state index contributed by atoms with van der Waals surface area (Å²) < 4.78 is 70.5. The Hall–Kier alpha value is -3.06. The summed E-state index contributed by atoms with van der Waals surface area (Å²) in [5.74, 6) is 0.00278. The van der Waals surface area contributed by atoms with Gasteiger partial charge in [0.15, 0.2) is 5.76 Å². The van der Waals surface area contributed by atoms with Crippen molar-refractivity contribution >= 4 is 21.5 Å². The van der Waals surface area contributed by atoms with Crippen LogP contribution in [0, 0.1) is 6.92 Å². The van der Waals surface area contributed by atoms with Crippen molar-refractivity contribution in [3.63, 3.8) is 0 Å². The molecule has 0 aromatic heterocycles. The Morgan fingerprint density at radius 3 is 1.94 bits per heavy atom. The van der Waals surface area contributed by atoms with Gasteiger partial charge in [-0.1, -0.05) is 67.1 Å². The Morgan fingerprint density at radius 2 is 1.42 bits per heavy atom. The quantitative estimate of drug-likeness (QED) is 0.240. The molecular weight excluding hydrogens is 425 g/mol. The number of benzene rings is 3. The molecule has 0 fully saturated rings. The zero-order valence-electron chi connectivity index (χ0n) is 17.0. The van der Waals surface area contributed by atoms with Crippen LogP contribution in [0.4, 0.5) is 13.2 Å². The Balaban J connectivity index is 2.15. The van der Waals surface area contributed by atoms with Crippen molar-refractivity contribution < 1.29 is 25.8 Å². The molecule has 0 aliphatic carbocycles. The number of hydrogen-bond acceptors (Lipinski definition) is 3. The predicted molar refractivity (Wildman–Crippen MR) is 114 cm³/mol. The maximum Gasteiger partial charge on any atom is 0.416 e. The fourth-order valence-electron chi connectivity index (χ4n) is 3.08. The van der Waals surface area contributed by atoms with Gasteiger partial charge in [-0.25, -0.2) is 0 Å². The number of allylic oxidation sites excluding steroid dienone is 1. The van der Waals surface area contributed by atoms with Crippen molar-refractivity contribution in [1.29, 1.82) is 0 Å². The molecule has 0 aliphatic rings. The molecule has 31 heavy (non-hydrogen) atoms. The van der Waals surface area contributed by atoms with Crippen LogP contribution in [0.3, 0.4) is 0 Å². The van der Waals surface area contributed by atoms with Crippen LogP contribution in [-0.2, 0) is 20.5 Å². The normalized spacial score (nSPS) is 12.9. The van der Waals surface area contributed by atoms with E-state index in [1.807, 2.05) is 19.9 Å². The summed E-state index contributed by atoms with van der Waals surface area (Å²) in [6, 6.07) is 19.4. The van der Waals surface area contributed by atoms with Crippen LogP contribution in [0.25, 0.3) is 11.3 Å². The third kappa shape index (κ3) is 5.35.